The van der Waals surface area contributed by atoms with E-state index < -0.39 is 16.6 Å². The van der Waals surface area contributed by atoms with Crippen molar-refractivity contribution >= 4 is 22.6 Å². The Bertz CT molecular complexity index is 274. The van der Waals surface area contributed by atoms with E-state index in [1.807, 2.05) is 20.1 Å². The highest BCUT2D eigenvalue weighted by Crippen LogP contribution is 2.49. The van der Waals surface area contributed by atoms with Crippen LogP contribution in [0.25, 0.3) is 0 Å². The summed E-state index contributed by atoms with van der Waals surface area (Å²) in [6.45, 7) is 3.88. The van der Waals surface area contributed by atoms with Gasteiger partial charge in [0.05, 0.1) is 16.3 Å². The Morgan fingerprint density at radius 3 is 2.07 bits per heavy atom. The molecule has 0 N–H and O–H groups in total. The SMILES string of the molecule is CSC1([S@](C)=O)C[C@@H]2OC(C)(C)O[C@H]2C1. The van der Waals surface area contributed by atoms with Crippen LogP contribution in [0.1, 0.15) is 26.7 Å². The van der Waals surface area contributed by atoms with Crippen molar-refractivity contribution in [1.82, 2.24) is 0 Å². The van der Waals surface area contributed by atoms with Gasteiger partial charge in [0.15, 0.2) is 5.79 Å². The Kier molecular flexibility index (Phi) is 2.95. The van der Waals surface area contributed by atoms with Gasteiger partial charge in [-0.3, -0.25) is 4.21 Å². The predicted molar refractivity (Wildman–Crippen MR) is 63.4 cm³/mol. The van der Waals surface area contributed by atoms with Gasteiger partial charge in [-0.05, 0) is 20.1 Å². The highest BCUT2D eigenvalue weighted by Gasteiger charge is 2.55. The molecule has 1 aliphatic heterocycles. The number of thioether (sulfide) groups is 1. The van der Waals surface area contributed by atoms with Crippen LogP contribution in [0.15, 0.2) is 0 Å². The summed E-state index contributed by atoms with van der Waals surface area (Å²) in [5.74, 6) is -0.463. The Morgan fingerprint density at radius 1 is 1.27 bits per heavy atom. The zero-order valence-corrected chi connectivity index (χ0v) is 11.2. The van der Waals surface area contributed by atoms with E-state index in [9.17, 15) is 4.21 Å². The minimum Gasteiger partial charge on any atom is -0.344 e. The van der Waals surface area contributed by atoms with Gasteiger partial charge in [0, 0.05) is 29.9 Å². The summed E-state index contributed by atoms with van der Waals surface area (Å²) >= 11 is 1.68. The van der Waals surface area contributed by atoms with Crippen LogP contribution >= 0.6 is 11.8 Å². The number of hydrogen-bond donors (Lipinski definition) is 0. The van der Waals surface area contributed by atoms with Crippen LogP contribution in [0.4, 0.5) is 0 Å². The Labute approximate surface area is 97.7 Å². The second-order valence-electron chi connectivity index (χ2n) is 4.69. The van der Waals surface area contributed by atoms with Crippen molar-refractivity contribution in [2.24, 2.45) is 0 Å². The first-order valence-corrected chi connectivity index (χ1v) is 7.91. The van der Waals surface area contributed by atoms with Crippen molar-refractivity contribution in [2.45, 2.75) is 48.8 Å². The standard InChI is InChI=1S/C10H18O3S2/c1-9(2)12-7-5-10(14-3,15(4)11)6-8(7)13-9/h7-8H,5-6H2,1-4H3/t7-,8-,15-/m0/s1. The first kappa shape index (κ1) is 11.9. The van der Waals surface area contributed by atoms with Crippen molar-refractivity contribution < 1.29 is 13.7 Å². The van der Waals surface area contributed by atoms with E-state index >= 15 is 0 Å². The third-order valence-electron chi connectivity index (χ3n) is 3.21. The van der Waals surface area contributed by atoms with Crippen LogP contribution in [0, 0.1) is 0 Å². The van der Waals surface area contributed by atoms with Crippen molar-refractivity contribution in [3.63, 3.8) is 0 Å². The average molecular weight is 250 g/mol. The monoisotopic (exact) mass is 250 g/mol. The number of rotatable bonds is 2. The number of ether oxygens (including phenoxy) is 2. The molecule has 1 saturated heterocycles. The molecular weight excluding hydrogens is 232 g/mol. The lowest BCUT2D eigenvalue weighted by molar-refractivity contribution is -0.151. The van der Waals surface area contributed by atoms with E-state index in [2.05, 4.69) is 0 Å². The van der Waals surface area contributed by atoms with E-state index in [0.29, 0.717) is 0 Å². The summed E-state index contributed by atoms with van der Waals surface area (Å²) in [5.41, 5.74) is 0. The summed E-state index contributed by atoms with van der Waals surface area (Å²) in [6.07, 6.45) is 5.72. The number of fused-ring (bicyclic) bond motifs is 1. The first-order chi connectivity index (χ1) is 6.88. The molecule has 0 aromatic rings. The van der Waals surface area contributed by atoms with Crippen LogP contribution < -0.4 is 0 Å². The molecule has 1 saturated carbocycles. The van der Waals surface area contributed by atoms with Gasteiger partial charge < -0.3 is 9.47 Å². The summed E-state index contributed by atoms with van der Waals surface area (Å²) in [6, 6.07) is 0. The highest BCUT2D eigenvalue weighted by molar-refractivity contribution is 8.11. The van der Waals surface area contributed by atoms with Gasteiger partial charge in [-0.1, -0.05) is 0 Å². The minimum atomic E-state index is -0.830. The molecule has 0 aromatic carbocycles. The molecule has 88 valence electrons. The maximum Gasteiger partial charge on any atom is 0.163 e. The summed E-state index contributed by atoms with van der Waals surface area (Å²) in [7, 11) is -0.830. The molecule has 5 heteroatoms. The fourth-order valence-electron chi connectivity index (χ4n) is 2.47. The minimum absolute atomic E-state index is 0.122. The topological polar surface area (TPSA) is 35.5 Å². The Balaban J connectivity index is 2.13. The molecule has 0 spiro atoms. The predicted octanol–water partition coefficient (Wildman–Crippen LogP) is 1.74. The van der Waals surface area contributed by atoms with Gasteiger partial charge in [0.25, 0.3) is 0 Å². The van der Waals surface area contributed by atoms with Crippen LogP contribution in [-0.2, 0) is 20.3 Å². The maximum absolute atomic E-state index is 11.8. The van der Waals surface area contributed by atoms with E-state index in [4.69, 9.17) is 9.47 Å². The van der Waals surface area contributed by atoms with Gasteiger partial charge in [-0.25, -0.2) is 0 Å². The van der Waals surface area contributed by atoms with Crippen LogP contribution in [-0.4, -0.2) is 38.8 Å². The van der Waals surface area contributed by atoms with Crippen LogP contribution in [0.5, 0.6) is 0 Å². The number of hydrogen-bond acceptors (Lipinski definition) is 4. The highest BCUT2D eigenvalue weighted by atomic mass is 32.2. The molecule has 1 heterocycles. The van der Waals surface area contributed by atoms with Crippen molar-refractivity contribution in [1.29, 1.82) is 0 Å². The third-order valence-corrected chi connectivity index (χ3v) is 6.87. The van der Waals surface area contributed by atoms with Gasteiger partial charge in [0.1, 0.15) is 0 Å². The molecule has 2 rings (SSSR count). The van der Waals surface area contributed by atoms with E-state index in [0.717, 1.165) is 12.8 Å². The molecule has 15 heavy (non-hydrogen) atoms. The molecule has 2 fully saturated rings. The molecule has 0 aromatic heterocycles. The lowest BCUT2D eigenvalue weighted by atomic mass is 10.3. The lowest BCUT2D eigenvalue weighted by Crippen LogP contribution is -2.31. The van der Waals surface area contributed by atoms with Gasteiger partial charge in [-0.2, -0.15) is 0 Å². The van der Waals surface area contributed by atoms with Crippen molar-refractivity contribution in [2.75, 3.05) is 12.5 Å². The fraction of sp³-hybridized carbons (Fsp3) is 1.00. The quantitative estimate of drug-likeness (QED) is 0.748. The van der Waals surface area contributed by atoms with E-state index in [1.54, 1.807) is 18.0 Å². The summed E-state index contributed by atoms with van der Waals surface area (Å²) in [5, 5.41) is 0. The molecule has 0 amide bonds. The van der Waals surface area contributed by atoms with Gasteiger partial charge >= 0.3 is 0 Å². The van der Waals surface area contributed by atoms with E-state index in [1.165, 1.54) is 0 Å². The second-order valence-corrected chi connectivity index (χ2v) is 7.83. The Hall–Kier alpha value is 0.420. The van der Waals surface area contributed by atoms with Crippen LogP contribution in [0.3, 0.4) is 0 Å². The largest absolute Gasteiger partial charge is 0.344 e. The molecule has 3 atom stereocenters. The lowest BCUT2D eigenvalue weighted by Gasteiger charge is -2.27. The molecule has 2 aliphatic rings. The maximum atomic E-state index is 11.8. The molecule has 0 bridgehead atoms. The molecule has 0 radical (unpaired) electrons. The third kappa shape index (κ3) is 1.99. The smallest absolute Gasteiger partial charge is 0.163 e. The zero-order chi connectivity index (χ0) is 11.3. The Morgan fingerprint density at radius 2 is 1.73 bits per heavy atom. The second kappa shape index (κ2) is 3.72. The summed E-state index contributed by atoms with van der Waals surface area (Å²) in [4.78, 5) is 0. The van der Waals surface area contributed by atoms with Gasteiger partial charge in [0.2, 0.25) is 0 Å². The fourth-order valence-corrected chi connectivity index (χ4v) is 4.87. The average Bonchev–Trinajstić information content (AvgIpc) is 2.55. The summed E-state index contributed by atoms with van der Waals surface area (Å²) < 4.78 is 23.2. The van der Waals surface area contributed by atoms with Crippen LogP contribution in [0.2, 0.25) is 0 Å². The molecule has 0 unspecified atom stereocenters. The first-order valence-electron chi connectivity index (χ1n) is 5.13. The van der Waals surface area contributed by atoms with Crippen molar-refractivity contribution in [3.8, 4) is 0 Å². The normalized spacial score (nSPS) is 38.9. The van der Waals surface area contributed by atoms with E-state index in [-0.39, 0.29) is 16.3 Å². The van der Waals surface area contributed by atoms with Crippen molar-refractivity contribution in [3.05, 3.63) is 0 Å². The molecule has 3 nitrogen and oxygen atoms in total. The van der Waals surface area contributed by atoms with Gasteiger partial charge in [-0.15, -0.1) is 11.8 Å². The molecule has 1 aliphatic carbocycles. The molecular formula is C10H18O3S2. The zero-order valence-electron chi connectivity index (χ0n) is 9.61.